The molecule has 2 rings (SSSR count). The maximum atomic E-state index is 12.4. The normalized spacial score (nSPS) is 10.1. The number of carbonyl (C=O) groups is 2. The molecule has 0 bridgehead atoms. The van der Waals surface area contributed by atoms with E-state index in [0.717, 1.165) is 23.1 Å². The average molecular weight is 449 g/mol. The number of nitrogen functional groups attached to an aromatic ring is 1. The fraction of sp³-hybridized carbons (Fsp3) is 0.294. The Morgan fingerprint density at radius 2 is 1.90 bits per heavy atom. The van der Waals surface area contributed by atoms with E-state index < -0.39 is 11.9 Å². The molecule has 9 nitrogen and oxygen atoms in total. The van der Waals surface area contributed by atoms with Gasteiger partial charge in [-0.15, -0.1) is 23.1 Å². The van der Waals surface area contributed by atoms with Gasteiger partial charge >= 0.3 is 5.97 Å². The van der Waals surface area contributed by atoms with Gasteiger partial charge in [-0.1, -0.05) is 11.8 Å². The van der Waals surface area contributed by atoms with Gasteiger partial charge in [-0.05, 0) is 25.7 Å². The van der Waals surface area contributed by atoms with Gasteiger partial charge in [-0.25, -0.2) is 14.8 Å². The second-order valence-electron chi connectivity index (χ2n) is 5.31. The van der Waals surface area contributed by atoms with E-state index in [2.05, 4.69) is 15.3 Å². The molecule has 2 aromatic heterocycles. The van der Waals surface area contributed by atoms with Crippen LogP contribution in [0.2, 0.25) is 0 Å². The Hall–Kier alpha value is -2.80. The predicted molar refractivity (Wildman–Crippen MR) is 112 cm³/mol. The molecule has 3 N–H and O–H groups in total. The molecule has 0 spiro atoms. The van der Waals surface area contributed by atoms with Crippen LogP contribution in [0.4, 0.5) is 10.9 Å². The van der Waals surface area contributed by atoms with Gasteiger partial charge in [-0.3, -0.25) is 4.79 Å². The number of nitrogens with two attached hydrogens (primary N) is 1. The molecule has 0 aliphatic heterocycles. The van der Waals surface area contributed by atoms with Crippen LogP contribution in [-0.2, 0) is 9.53 Å². The third kappa shape index (κ3) is 5.17. The number of amides is 1. The van der Waals surface area contributed by atoms with Crippen molar-refractivity contribution in [2.24, 2.45) is 0 Å². The quantitative estimate of drug-likeness (QED) is 0.367. The minimum atomic E-state index is -0.541. The maximum Gasteiger partial charge on any atom is 0.348 e. The van der Waals surface area contributed by atoms with Crippen molar-refractivity contribution in [1.29, 1.82) is 10.5 Å². The molecule has 0 atom stereocenters. The molecule has 0 unspecified atom stereocenters. The third-order valence-corrected chi connectivity index (χ3v) is 6.32. The van der Waals surface area contributed by atoms with Crippen molar-refractivity contribution in [2.45, 2.75) is 23.9 Å². The number of hydrogen-bond donors (Lipinski definition) is 2. The lowest BCUT2D eigenvalue weighted by atomic mass is 10.2. The number of nitrogens with zero attached hydrogens (tertiary/aromatic N) is 4. The number of hydrogen-bond acceptors (Lipinski definition) is 11. The molecule has 1 amide bonds. The Morgan fingerprint density at radius 1 is 1.24 bits per heavy atom. The van der Waals surface area contributed by atoms with Crippen molar-refractivity contribution >= 4 is 57.7 Å². The molecular weight excluding hydrogens is 432 g/mol. The lowest BCUT2D eigenvalue weighted by Gasteiger charge is -2.07. The topological polar surface area (TPSA) is 155 Å². The summed E-state index contributed by atoms with van der Waals surface area (Å²) in [6.07, 6.45) is 1.76. The number of carbonyl (C=O) groups excluding carboxylic acids is 2. The Bertz CT molecular complexity index is 1040. The number of esters is 1. The Balaban J connectivity index is 2.18. The predicted octanol–water partition coefficient (Wildman–Crippen LogP) is 2.80. The van der Waals surface area contributed by atoms with E-state index in [4.69, 9.17) is 10.5 Å². The van der Waals surface area contributed by atoms with Gasteiger partial charge < -0.3 is 15.8 Å². The van der Waals surface area contributed by atoms with Crippen LogP contribution < -0.4 is 11.1 Å². The van der Waals surface area contributed by atoms with E-state index in [1.165, 1.54) is 11.8 Å². The van der Waals surface area contributed by atoms with E-state index in [1.54, 1.807) is 20.1 Å². The first kappa shape index (κ1) is 22.5. The van der Waals surface area contributed by atoms with Gasteiger partial charge in [0.2, 0.25) is 11.9 Å². The van der Waals surface area contributed by atoms with Crippen LogP contribution in [0.25, 0.3) is 0 Å². The van der Waals surface area contributed by atoms with Gasteiger partial charge in [0.25, 0.3) is 0 Å². The zero-order chi connectivity index (χ0) is 21.6. The smallest absolute Gasteiger partial charge is 0.348 e. The first-order valence-corrected chi connectivity index (χ1v) is 11.1. The monoisotopic (exact) mass is 448 g/mol. The lowest BCUT2D eigenvalue weighted by Crippen LogP contribution is -2.14. The molecule has 150 valence electrons. The zero-order valence-electron chi connectivity index (χ0n) is 15.7. The van der Waals surface area contributed by atoms with Crippen LogP contribution in [0.3, 0.4) is 0 Å². The van der Waals surface area contributed by atoms with Crippen LogP contribution >= 0.6 is 34.9 Å². The zero-order valence-corrected chi connectivity index (χ0v) is 18.2. The van der Waals surface area contributed by atoms with Gasteiger partial charge in [0.15, 0.2) is 0 Å². The van der Waals surface area contributed by atoms with Crippen LogP contribution in [0.15, 0.2) is 10.1 Å². The summed E-state index contributed by atoms with van der Waals surface area (Å²) in [6, 6.07) is 4.02. The molecule has 0 fully saturated rings. The summed E-state index contributed by atoms with van der Waals surface area (Å²) in [5.41, 5.74) is 6.58. The molecule has 2 aromatic rings. The minimum Gasteiger partial charge on any atom is -0.462 e. The summed E-state index contributed by atoms with van der Waals surface area (Å²) in [6.45, 7) is 3.51. The van der Waals surface area contributed by atoms with Crippen molar-refractivity contribution in [3.8, 4) is 12.1 Å². The highest BCUT2D eigenvalue weighted by atomic mass is 32.2. The molecular formula is C17H16N6O3S3. The Kier molecular flexibility index (Phi) is 7.84. The number of nitrogens with one attached hydrogen (secondary N) is 1. The standard InChI is InChI=1S/C17H16N6O3S3/c1-4-26-16(25)12-8(2)9(5-18)15(29-12)21-11(24)7-28-14-10(6-19)13(27-3)22-17(20)23-14/h4,7H2,1-3H3,(H,21,24)(H2,20,22,23). The summed E-state index contributed by atoms with van der Waals surface area (Å²) in [7, 11) is 0. The second-order valence-corrected chi connectivity index (χ2v) is 8.09. The first-order valence-electron chi connectivity index (χ1n) is 8.11. The highest BCUT2D eigenvalue weighted by Gasteiger charge is 2.22. The Labute approximate surface area is 179 Å². The minimum absolute atomic E-state index is 0.0102. The summed E-state index contributed by atoms with van der Waals surface area (Å²) in [5.74, 6) is -1.03. The molecule has 0 aliphatic carbocycles. The molecule has 0 radical (unpaired) electrons. The van der Waals surface area contributed by atoms with Crippen molar-refractivity contribution in [2.75, 3.05) is 29.7 Å². The molecule has 0 aliphatic rings. The van der Waals surface area contributed by atoms with Crippen molar-refractivity contribution in [3.05, 3.63) is 21.6 Å². The second kappa shape index (κ2) is 10.1. The Morgan fingerprint density at radius 3 is 2.48 bits per heavy atom. The van der Waals surface area contributed by atoms with E-state index >= 15 is 0 Å². The van der Waals surface area contributed by atoms with Crippen LogP contribution in [0.5, 0.6) is 0 Å². The van der Waals surface area contributed by atoms with Gasteiger partial charge in [0.05, 0.1) is 17.9 Å². The van der Waals surface area contributed by atoms with Crippen LogP contribution in [0.1, 0.15) is 33.3 Å². The van der Waals surface area contributed by atoms with E-state index in [-0.39, 0.29) is 39.3 Å². The number of rotatable bonds is 7. The molecule has 0 saturated carbocycles. The highest BCUT2D eigenvalue weighted by molar-refractivity contribution is 8.00. The number of ether oxygens (including phenoxy) is 1. The molecule has 29 heavy (non-hydrogen) atoms. The largest absolute Gasteiger partial charge is 0.462 e. The van der Waals surface area contributed by atoms with Crippen molar-refractivity contribution < 1.29 is 14.3 Å². The summed E-state index contributed by atoms with van der Waals surface area (Å²) in [5, 5.41) is 22.4. The van der Waals surface area contributed by atoms with Gasteiger partial charge in [0, 0.05) is 0 Å². The van der Waals surface area contributed by atoms with E-state index in [0.29, 0.717) is 15.6 Å². The van der Waals surface area contributed by atoms with Gasteiger partial charge in [0.1, 0.15) is 37.6 Å². The van der Waals surface area contributed by atoms with E-state index in [1.807, 2.05) is 12.1 Å². The third-order valence-electron chi connectivity index (χ3n) is 3.48. The number of nitriles is 2. The van der Waals surface area contributed by atoms with Crippen LogP contribution in [-0.4, -0.2) is 40.5 Å². The lowest BCUT2D eigenvalue weighted by molar-refractivity contribution is -0.113. The highest BCUT2D eigenvalue weighted by Crippen LogP contribution is 2.33. The fourth-order valence-electron chi connectivity index (χ4n) is 2.21. The maximum absolute atomic E-state index is 12.4. The molecule has 12 heteroatoms. The summed E-state index contributed by atoms with van der Waals surface area (Å²) >= 11 is 3.27. The number of thioether (sulfide) groups is 2. The number of thiophene rings is 1. The molecule has 0 aromatic carbocycles. The first-order chi connectivity index (χ1) is 13.9. The van der Waals surface area contributed by atoms with E-state index in [9.17, 15) is 20.1 Å². The fourth-order valence-corrected chi connectivity index (χ4v) is 4.66. The number of aromatic nitrogens is 2. The SMILES string of the molecule is CCOC(=O)c1sc(NC(=O)CSc2nc(N)nc(SC)c2C#N)c(C#N)c1C. The van der Waals surface area contributed by atoms with Crippen molar-refractivity contribution in [3.63, 3.8) is 0 Å². The number of anilines is 2. The van der Waals surface area contributed by atoms with Crippen LogP contribution in [0, 0.1) is 29.6 Å². The summed E-state index contributed by atoms with van der Waals surface area (Å²) < 4.78 is 4.98. The summed E-state index contributed by atoms with van der Waals surface area (Å²) in [4.78, 5) is 32.7. The van der Waals surface area contributed by atoms with Crippen molar-refractivity contribution in [1.82, 2.24) is 9.97 Å². The average Bonchev–Trinajstić information content (AvgIpc) is 3.00. The van der Waals surface area contributed by atoms with Gasteiger partial charge in [-0.2, -0.15) is 10.5 Å². The molecule has 0 saturated heterocycles. The molecule has 2 heterocycles.